The molecule has 12 heteroatoms. The Kier molecular flexibility index (Phi) is 12.4. The van der Waals surface area contributed by atoms with E-state index in [1.807, 2.05) is 72.8 Å². The lowest BCUT2D eigenvalue weighted by molar-refractivity contribution is -0.161. The lowest BCUT2D eigenvalue weighted by Gasteiger charge is -2.36. The zero-order chi connectivity index (χ0) is 37.7. The van der Waals surface area contributed by atoms with Crippen molar-refractivity contribution in [3.8, 4) is 0 Å². The van der Waals surface area contributed by atoms with Crippen molar-refractivity contribution in [1.29, 1.82) is 0 Å². The average molecular weight is 792 g/mol. The van der Waals surface area contributed by atoms with Gasteiger partial charge >= 0.3 is 5.97 Å². The Balaban J connectivity index is 1.43. The molecule has 0 aromatic heterocycles. The molecular weight excluding hydrogens is 740 g/mol. The van der Waals surface area contributed by atoms with Gasteiger partial charge in [-0.3, -0.25) is 19.2 Å². The number of hydrogen-bond donors (Lipinski definition) is 2. The highest BCUT2D eigenvalue weighted by molar-refractivity contribution is 9.11. The number of halogens is 1. The van der Waals surface area contributed by atoms with Crippen LogP contribution in [-0.2, 0) is 28.7 Å². The molecule has 0 unspecified atom stereocenters. The first-order valence-electron chi connectivity index (χ1n) is 19.0. The maximum absolute atomic E-state index is 15.2. The van der Waals surface area contributed by atoms with Gasteiger partial charge in [-0.05, 0) is 75.9 Å². The van der Waals surface area contributed by atoms with Gasteiger partial charge < -0.3 is 34.6 Å². The van der Waals surface area contributed by atoms with Gasteiger partial charge in [0, 0.05) is 55.1 Å². The molecule has 7 atom stereocenters. The zero-order valence-electron chi connectivity index (χ0n) is 30.8. The number of esters is 1. The van der Waals surface area contributed by atoms with E-state index in [4.69, 9.17) is 9.47 Å². The van der Waals surface area contributed by atoms with Crippen LogP contribution >= 0.6 is 15.9 Å². The van der Waals surface area contributed by atoms with E-state index in [1.165, 1.54) is 0 Å². The molecule has 2 fully saturated rings. The number of aliphatic hydroxyl groups is 1. The quantitative estimate of drug-likeness (QED) is 0.175. The van der Waals surface area contributed by atoms with Gasteiger partial charge in [0.2, 0.25) is 11.8 Å². The minimum atomic E-state index is -1.41. The van der Waals surface area contributed by atoms with Gasteiger partial charge in [0.1, 0.15) is 29.8 Å². The number of rotatable bonds is 11. The molecule has 53 heavy (non-hydrogen) atoms. The van der Waals surface area contributed by atoms with Crippen LogP contribution in [-0.4, -0.2) is 90.3 Å². The van der Waals surface area contributed by atoms with Crippen molar-refractivity contribution in [2.45, 2.75) is 89.2 Å². The number of amides is 3. The number of carbonyl (C=O) groups is 4. The van der Waals surface area contributed by atoms with Crippen LogP contribution in [0.2, 0.25) is 0 Å². The van der Waals surface area contributed by atoms with E-state index in [2.05, 4.69) is 40.0 Å². The van der Waals surface area contributed by atoms with Gasteiger partial charge in [-0.1, -0.05) is 71.3 Å². The monoisotopic (exact) mass is 790 g/mol. The summed E-state index contributed by atoms with van der Waals surface area (Å²) in [4.78, 5) is 63.1. The van der Waals surface area contributed by atoms with E-state index < -0.39 is 47.7 Å². The molecule has 1 spiro atoms. The zero-order valence-corrected chi connectivity index (χ0v) is 32.4. The molecule has 0 aliphatic carbocycles. The molecule has 6 rings (SSSR count). The molecular formula is C41H51BrN4O7. The SMILES string of the molecule is CCN(CC)c1ccc(N2C/C=C\CCC(=O)N[C@H](C)[C@@H](c3ccccc3)OC(=O)[C@@H]3[C@H]4O[C@@]5(C=C4Br)[C@H](C2=O)N(CCCCCCO)C(=O)[C@@H]35)cc1. The first kappa shape index (κ1) is 38.7. The van der Waals surface area contributed by atoms with Crippen LogP contribution < -0.4 is 15.1 Å². The second kappa shape index (κ2) is 17.0. The lowest BCUT2D eigenvalue weighted by atomic mass is 9.74. The van der Waals surface area contributed by atoms with Crippen molar-refractivity contribution in [2.24, 2.45) is 11.8 Å². The molecule has 5 bridgehead atoms. The molecule has 0 saturated carbocycles. The molecule has 4 aliphatic rings. The van der Waals surface area contributed by atoms with Crippen molar-refractivity contribution >= 4 is 51.0 Å². The predicted octanol–water partition coefficient (Wildman–Crippen LogP) is 5.43. The topological polar surface area (TPSA) is 129 Å². The van der Waals surface area contributed by atoms with Crippen molar-refractivity contribution in [1.82, 2.24) is 10.2 Å². The summed E-state index contributed by atoms with van der Waals surface area (Å²) >= 11 is 3.65. The van der Waals surface area contributed by atoms with Crippen LogP contribution in [0.1, 0.15) is 71.0 Å². The highest BCUT2D eigenvalue weighted by Crippen LogP contribution is 2.59. The summed E-state index contributed by atoms with van der Waals surface area (Å²) in [5.41, 5.74) is 0.989. The number of hydrogen-bond acceptors (Lipinski definition) is 8. The number of nitrogens with zero attached hydrogens (tertiary/aromatic N) is 3. The van der Waals surface area contributed by atoms with Gasteiger partial charge in [-0.25, -0.2) is 0 Å². The van der Waals surface area contributed by atoms with Crippen molar-refractivity contribution in [3.05, 3.63) is 82.9 Å². The van der Waals surface area contributed by atoms with Crippen molar-refractivity contribution < 1.29 is 33.8 Å². The molecule has 2 N–H and O–H groups in total. The van der Waals surface area contributed by atoms with Gasteiger partial charge in [-0.2, -0.15) is 0 Å². The molecule has 2 saturated heterocycles. The van der Waals surface area contributed by atoms with Gasteiger partial charge in [0.25, 0.3) is 5.91 Å². The highest BCUT2D eigenvalue weighted by Gasteiger charge is 2.75. The Hall–Kier alpha value is -4.00. The van der Waals surface area contributed by atoms with Crippen molar-refractivity contribution in [3.63, 3.8) is 0 Å². The molecule has 4 heterocycles. The Morgan fingerprint density at radius 3 is 2.34 bits per heavy atom. The number of unbranched alkanes of at least 4 members (excludes halogenated alkanes) is 3. The summed E-state index contributed by atoms with van der Waals surface area (Å²) in [6.45, 7) is 8.26. The number of aliphatic hydroxyl groups excluding tert-OH is 1. The Labute approximate surface area is 320 Å². The third-order valence-corrected chi connectivity index (χ3v) is 11.7. The van der Waals surface area contributed by atoms with Crippen LogP contribution in [0, 0.1) is 11.8 Å². The molecule has 2 aromatic carbocycles. The van der Waals surface area contributed by atoms with Gasteiger partial charge in [0.05, 0.1) is 12.0 Å². The fraction of sp³-hybridized carbons (Fsp3) is 0.512. The van der Waals surface area contributed by atoms with E-state index in [0.29, 0.717) is 41.5 Å². The average Bonchev–Trinajstić information content (AvgIpc) is 3.75. The van der Waals surface area contributed by atoms with E-state index >= 15 is 4.79 Å². The molecule has 284 valence electrons. The van der Waals surface area contributed by atoms with Crippen LogP contribution in [0.5, 0.6) is 0 Å². The third kappa shape index (κ3) is 7.68. The van der Waals surface area contributed by atoms with Crippen LogP contribution in [0.25, 0.3) is 0 Å². The summed E-state index contributed by atoms with van der Waals surface area (Å²) in [5, 5.41) is 12.4. The van der Waals surface area contributed by atoms with E-state index in [9.17, 15) is 19.5 Å². The Morgan fingerprint density at radius 1 is 0.925 bits per heavy atom. The molecule has 4 aliphatic heterocycles. The van der Waals surface area contributed by atoms with Crippen LogP contribution in [0.4, 0.5) is 11.4 Å². The minimum Gasteiger partial charge on any atom is -0.455 e. The van der Waals surface area contributed by atoms with Crippen LogP contribution in [0.3, 0.4) is 0 Å². The first-order valence-corrected chi connectivity index (χ1v) is 19.8. The summed E-state index contributed by atoms with van der Waals surface area (Å²) in [7, 11) is 0. The second-order valence-corrected chi connectivity index (χ2v) is 15.2. The van der Waals surface area contributed by atoms with Gasteiger partial charge in [0.15, 0.2) is 0 Å². The maximum Gasteiger partial charge on any atom is 0.313 e. The van der Waals surface area contributed by atoms with Crippen LogP contribution in [0.15, 0.2) is 77.3 Å². The number of allylic oxidation sites excluding steroid dienone is 1. The van der Waals surface area contributed by atoms with E-state index in [0.717, 1.165) is 31.6 Å². The number of fused-ring (bicyclic) bond motifs is 2. The third-order valence-electron chi connectivity index (χ3n) is 11.0. The molecule has 2 aromatic rings. The van der Waals surface area contributed by atoms with E-state index in [-0.39, 0.29) is 37.3 Å². The smallest absolute Gasteiger partial charge is 0.313 e. The largest absolute Gasteiger partial charge is 0.455 e. The lowest BCUT2D eigenvalue weighted by Crippen LogP contribution is -2.56. The number of cyclic esters (lactones) is 1. The number of benzene rings is 2. The van der Waals surface area contributed by atoms with E-state index in [1.54, 1.807) is 16.7 Å². The molecule has 11 nitrogen and oxygen atoms in total. The summed E-state index contributed by atoms with van der Waals surface area (Å²) in [6, 6.07) is 15.5. The fourth-order valence-corrected chi connectivity index (χ4v) is 9.11. The van der Waals surface area contributed by atoms with Gasteiger partial charge in [-0.15, -0.1) is 0 Å². The number of carbonyl (C=O) groups excluding carboxylic acids is 4. The minimum absolute atomic E-state index is 0.0919. The first-order chi connectivity index (χ1) is 25.6. The molecule has 0 radical (unpaired) electrons. The number of anilines is 2. The second-order valence-electron chi connectivity index (χ2n) is 14.3. The summed E-state index contributed by atoms with van der Waals surface area (Å²) in [6.07, 6.45) is 7.43. The number of likely N-dealkylation sites (tertiary alicyclic amines) is 1. The Morgan fingerprint density at radius 2 is 1.64 bits per heavy atom. The summed E-state index contributed by atoms with van der Waals surface area (Å²) in [5.74, 6) is -3.48. The fourth-order valence-electron chi connectivity index (χ4n) is 8.38. The summed E-state index contributed by atoms with van der Waals surface area (Å²) < 4.78 is 13.6. The number of nitrogens with one attached hydrogen (secondary N) is 1. The maximum atomic E-state index is 15.2. The number of ether oxygens (including phenoxy) is 2. The highest BCUT2D eigenvalue weighted by atomic mass is 79.9. The van der Waals surface area contributed by atoms with Crippen molar-refractivity contribution in [2.75, 3.05) is 42.6 Å². The Bertz CT molecular complexity index is 1700. The standard InChI is InChI=1S/C41H51BrN4O7/c1-4-44(5-2)29-19-21-30(22-20-29)45-23-14-9-12-18-32(48)43-27(3)35(28-16-10-8-11-17-28)52-40(51)33-34-38(49)46(24-13-6-7-15-25-47)37(39(45)50)41(34)26-31(42)36(33)53-41/h8-11,14,16-17,19-22,26-27,33-37,47H,4-7,12-13,15,18,23-25H2,1-3H3,(H,43,48)/b14-9-/t27-,33+,34-,35+,36+,37+,41-/m1/s1. The molecule has 3 amide bonds. The normalized spacial score (nSPS) is 29.5. The predicted molar refractivity (Wildman–Crippen MR) is 206 cm³/mol.